The van der Waals surface area contributed by atoms with E-state index in [1.807, 2.05) is 18.2 Å². The van der Waals surface area contributed by atoms with Crippen molar-refractivity contribution in [2.24, 2.45) is 0 Å². The molecule has 80 valence electrons. The minimum atomic E-state index is -1.04. The summed E-state index contributed by atoms with van der Waals surface area (Å²) in [7, 11) is -1.04. The van der Waals surface area contributed by atoms with Gasteiger partial charge >= 0.3 is 7.12 Å². The molecule has 0 aromatic heterocycles. The summed E-state index contributed by atoms with van der Waals surface area (Å²) < 4.78 is 17.9. The molecule has 0 radical (unpaired) electrons. The topological polar surface area (TPSA) is 29.5 Å². The van der Waals surface area contributed by atoms with E-state index in [0.717, 1.165) is 0 Å². The molecule has 0 heterocycles. The van der Waals surface area contributed by atoms with Gasteiger partial charge in [-0.1, -0.05) is 30.3 Å². The zero-order valence-corrected chi connectivity index (χ0v) is 8.51. The van der Waals surface area contributed by atoms with Gasteiger partial charge in [0.05, 0.1) is 0 Å². The Bertz CT molecular complexity index is 444. The fourth-order valence-corrected chi connectivity index (χ4v) is 1.33. The first-order chi connectivity index (χ1) is 7.75. The molecule has 0 spiro atoms. The van der Waals surface area contributed by atoms with Crippen LogP contribution in [-0.4, -0.2) is 12.1 Å². The lowest BCUT2D eigenvalue weighted by Crippen LogP contribution is -2.36. The first-order valence-electron chi connectivity index (χ1n) is 4.91. The summed E-state index contributed by atoms with van der Waals surface area (Å²) in [6.07, 6.45) is 0. The van der Waals surface area contributed by atoms with Crippen molar-refractivity contribution in [3.05, 3.63) is 60.4 Å². The highest BCUT2D eigenvalue weighted by Gasteiger charge is 2.17. The van der Waals surface area contributed by atoms with Crippen molar-refractivity contribution >= 4 is 12.6 Å². The van der Waals surface area contributed by atoms with Crippen molar-refractivity contribution in [3.8, 4) is 5.75 Å². The van der Waals surface area contributed by atoms with E-state index in [4.69, 9.17) is 4.65 Å². The van der Waals surface area contributed by atoms with Crippen LogP contribution in [0.3, 0.4) is 0 Å². The van der Waals surface area contributed by atoms with E-state index in [1.54, 1.807) is 12.1 Å². The molecule has 2 aromatic carbocycles. The van der Waals surface area contributed by atoms with Crippen molar-refractivity contribution in [3.63, 3.8) is 0 Å². The van der Waals surface area contributed by atoms with Crippen LogP contribution in [0.4, 0.5) is 4.39 Å². The van der Waals surface area contributed by atoms with Gasteiger partial charge in [0, 0.05) is 0 Å². The van der Waals surface area contributed by atoms with E-state index in [9.17, 15) is 9.41 Å². The molecule has 0 saturated heterocycles. The van der Waals surface area contributed by atoms with Crippen molar-refractivity contribution in [1.82, 2.24) is 0 Å². The fraction of sp³-hybridized carbons (Fsp3) is 0. The van der Waals surface area contributed by atoms with Gasteiger partial charge in [0.2, 0.25) is 0 Å². The Balaban J connectivity index is 2.08. The molecule has 16 heavy (non-hydrogen) atoms. The molecule has 0 aliphatic heterocycles. The van der Waals surface area contributed by atoms with E-state index in [0.29, 0.717) is 11.2 Å². The Hall–Kier alpha value is -1.81. The van der Waals surface area contributed by atoms with E-state index in [1.165, 1.54) is 24.3 Å². The predicted octanol–water partition coefficient (Wildman–Crippen LogP) is 1.59. The zero-order chi connectivity index (χ0) is 11.4. The maximum atomic E-state index is 12.6. The second-order valence-electron chi connectivity index (χ2n) is 3.33. The number of hydrogen-bond donors (Lipinski definition) is 1. The highest BCUT2D eigenvalue weighted by atomic mass is 19.1. The van der Waals surface area contributed by atoms with Crippen LogP contribution in [0.5, 0.6) is 5.75 Å². The number of benzene rings is 2. The molecule has 0 unspecified atom stereocenters. The largest absolute Gasteiger partial charge is 0.560 e. The van der Waals surface area contributed by atoms with Gasteiger partial charge < -0.3 is 9.68 Å². The molecule has 0 aliphatic carbocycles. The van der Waals surface area contributed by atoms with Crippen LogP contribution in [0.15, 0.2) is 54.6 Å². The summed E-state index contributed by atoms with van der Waals surface area (Å²) in [6.45, 7) is 0. The lowest BCUT2D eigenvalue weighted by atomic mass is 9.79. The van der Waals surface area contributed by atoms with E-state index in [2.05, 4.69) is 0 Å². The first kappa shape index (κ1) is 10.7. The molecule has 4 heteroatoms. The summed E-state index contributed by atoms with van der Waals surface area (Å²) in [5.74, 6) is 0.0966. The van der Waals surface area contributed by atoms with Gasteiger partial charge in [-0.3, -0.25) is 0 Å². The third-order valence-electron chi connectivity index (χ3n) is 2.15. The van der Waals surface area contributed by atoms with Crippen LogP contribution in [0, 0.1) is 5.82 Å². The Kier molecular flexibility index (Phi) is 3.22. The summed E-state index contributed by atoms with van der Waals surface area (Å²) in [4.78, 5) is 0. The molecule has 0 bridgehead atoms. The molecule has 1 N–H and O–H groups in total. The lowest BCUT2D eigenvalue weighted by molar-refractivity contribution is 0.432. The summed E-state index contributed by atoms with van der Waals surface area (Å²) in [6, 6.07) is 14.5. The molecular formula is C12H10BFO2. The van der Waals surface area contributed by atoms with E-state index >= 15 is 0 Å². The van der Waals surface area contributed by atoms with Crippen molar-refractivity contribution in [2.75, 3.05) is 0 Å². The number of rotatable bonds is 3. The first-order valence-corrected chi connectivity index (χ1v) is 4.91. The van der Waals surface area contributed by atoms with Gasteiger partial charge in [-0.15, -0.1) is 0 Å². The molecule has 0 saturated carbocycles. The van der Waals surface area contributed by atoms with E-state index in [-0.39, 0.29) is 5.82 Å². The van der Waals surface area contributed by atoms with Gasteiger partial charge in [0.15, 0.2) is 0 Å². The maximum absolute atomic E-state index is 12.6. The van der Waals surface area contributed by atoms with Gasteiger partial charge in [0.25, 0.3) is 0 Å². The van der Waals surface area contributed by atoms with Crippen LogP contribution in [0.1, 0.15) is 0 Å². The average Bonchev–Trinajstić information content (AvgIpc) is 2.33. The molecule has 2 rings (SSSR count). The Morgan fingerprint density at radius 3 is 2.19 bits per heavy atom. The molecule has 2 nitrogen and oxygen atoms in total. The molecule has 0 atom stereocenters. The Morgan fingerprint density at radius 2 is 1.56 bits per heavy atom. The zero-order valence-electron chi connectivity index (χ0n) is 8.51. The monoisotopic (exact) mass is 216 g/mol. The van der Waals surface area contributed by atoms with Crippen LogP contribution in [-0.2, 0) is 0 Å². The normalized spacial score (nSPS) is 9.88. The molecule has 0 aliphatic rings. The summed E-state index contributed by atoms with van der Waals surface area (Å²) >= 11 is 0. The van der Waals surface area contributed by atoms with Crippen molar-refractivity contribution in [1.29, 1.82) is 0 Å². The number of halogens is 1. The quantitative estimate of drug-likeness (QED) is 0.789. The van der Waals surface area contributed by atoms with Crippen molar-refractivity contribution in [2.45, 2.75) is 0 Å². The van der Waals surface area contributed by atoms with E-state index < -0.39 is 7.12 Å². The smallest absolute Gasteiger partial charge is 0.532 e. The average molecular weight is 216 g/mol. The van der Waals surface area contributed by atoms with Gasteiger partial charge in [-0.2, -0.15) is 0 Å². The third kappa shape index (κ3) is 2.61. The molecule has 0 fully saturated rings. The Morgan fingerprint density at radius 1 is 0.938 bits per heavy atom. The third-order valence-corrected chi connectivity index (χ3v) is 2.15. The van der Waals surface area contributed by atoms with Crippen LogP contribution >= 0.6 is 0 Å². The standard InChI is InChI=1S/C12H10BFO2/c14-11-6-8-12(9-7-11)16-13(15)10-4-2-1-3-5-10/h1-9,15H. The molecule has 2 aromatic rings. The summed E-state index contributed by atoms with van der Waals surface area (Å²) in [5, 5.41) is 9.73. The van der Waals surface area contributed by atoms with Crippen molar-refractivity contribution < 1.29 is 14.1 Å². The van der Waals surface area contributed by atoms with Crippen LogP contribution < -0.4 is 10.1 Å². The Labute approximate surface area is 93.5 Å². The predicted molar refractivity (Wildman–Crippen MR) is 61.1 cm³/mol. The minimum absolute atomic E-state index is 0.332. The second kappa shape index (κ2) is 4.81. The number of hydrogen-bond acceptors (Lipinski definition) is 2. The fourth-order valence-electron chi connectivity index (χ4n) is 1.33. The second-order valence-corrected chi connectivity index (χ2v) is 3.33. The van der Waals surface area contributed by atoms with Crippen LogP contribution in [0.2, 0.25) is 0 Å². The molecular weight excluding hydrogens is 206 g/mol. The highest BCUT2D eigenvalue weighted by molar-refractivity contribution is 6.60. The van der Waals surface area contributed by atoms with Gasteiger partial charge in [-0.25, -0.2) is 4.39 Å². The summed E-state index contributed by atoms with van der Waals surface area (Å²) in [5.41, 5.74) is 0.659. The lowest BCUT2D eigenvalue weighted by Gasteiger charge is -2.09. The maximum Gasteiger partial charge on any atom is 0.560 e. The van der Waals surface area contributed by atoms with Crippen LogP contribution in [0.25, 0.3) is 0 Å². The minimum Gasteiger partial charge on any atom is -0.532 e. The SMILES string of the molecule is OB(Oc1ccc(F)cc1)c1ccccc1. The van der Waals surface area contributed by atoms with Gasteiger partial charge in [-0.05, 0) is 29.7 Å². The highest BCUT2D eigenvalue weighted by Crippen LogP contribution is 2.11. The molecule has 0 amide bonds. The van der Waals surface area contributed by atoms with Gasteiger partial charge in [0.1, 0.15) is 11.6 Å².